The van der Waals surface area contributed by atoms with Gasteiger partial charge in [0.25, 0.3) is 11.8 Å². The smallest absolute Gasteiger partial charge is 0.261 e. The van der Waals surface area contributed by atoms with Crippen LogP contribution in [0.2, 0.25) is 10.0 Å². The fourth-order valence-electron chi connectivity index (χ4n) is 3.08. The van der Waals surface area contributed by atoms with Gasteiger partial charge in [-0.1, -0.05) is 34.8 Å². The maximum absolute atomic E-state index is 12.5. The van der Waals surface area contributed by atoms with E-state index in [1.807, 2.05) is 6.92 Å². The van der Waals surface area contributed by atoms with Crippen LogP contribution >= 0.6 is 23.2 Å². The Morgan fingerprint density at radius 2 is 1.70 bits per heavy atom. The van der Waals surface area contributed by atoms with Crippen LogP contribution in [0.1, 0.15) is 32.7 Å². The van der Waals surface area contributed by atoms with Crippen molar-refractivity contribution >= 4 is 52.5 Å². The Kier molecular flexibility index (Phi) is 6.43. The normalized spacial score (nSPS) is 12.7. The Bertz CT molecular complexity index is 1050. The first-order chi connectivity index (χ1) is 14.2. The Balaban J connectivity index is 1.53. The first kappa shape index (κ1) is 21.8. The highest BCUT2D eigenvalue weighted by Crippen LogP contribution is 2.25. The number of carbonyl (C=O) groups excluding carboxylic acids is 4. The van der Waals surface area contributed by atoms with Gasteiger partial charge >= 0.3 is 0 Å². The van der Waals surface area contributed by atoms with E-state index in [9.17, 15) is 19.2 Å². The Labute approximate surface area is 183 Å². The predicted molar refractivity (Wildman–Crippen MR) is 114 cm³/mol. The van der Waals surface area contributed by atoms with Crippen molar-refractivity contribution in [1.29, 1.82) is 0 Å². The van der Waals surface area contributed by atoms with E-state index in [1.54, 1.807) is 30.3 Å². The molecule has 30 heavy (non-hydrogen) atoms. The molecule has 0 bridgehead atoms. The van der Waals surface area contributed by atoms with E-state index in [0.717, 1.165) is 10.5 Å². The topological polar surface area (TPSA) is 86.8 Å². The third-order valence-corrected chi connectivity index (χ3v) is 5.42. The van der Waals surface area contributed by atoms with Gasteiger partial charge < -0.3 is 10.2 Å². The number of amides is 4. The van der Waals surface area contributed by atoms with E-state index < -0.39 is 17.7 Å². The lowest BCUT2D eigenvalue weighted by atomic mass is 10.1. The maximum atomic E-state index is 12.5. The van der Waals surface area contributed by atoms with Crippen molar-refractivity contribution < 1.29 is 19.2 Å². The molecule has 156 valence electrons. The van der Waals surface area contributed by atoms with Crippen LogP contribution in [-0.4, -0.2) is 53.6 Å². The number of hydrogen-bond donors (Lipinski definition) is 1. The first-order valence-electron chi connectivity index (χ1n) is 9.13. The molecular formula is C21H19Cl2N3O4. The largest absolute Gasteiger partial charge is 0.336 e. The van der Waals surface area contributed by atoms with Crippen LogP contribution in [0.3, 0.4) is 0 Å². The fraction of sp³-hybridized carbons (Fsp3) is 0.238. The molecule has 1 heterocycles. The molecule has 0 spiro atoms. The molecule has 4 amide bonds. The quantitative estimate of drug-likeness (QED) is 0.687. The molecule has 0 aliphatic carbocycles. The lowest BCUT2D eigenvalue weighted by Crippen LogP contribution is -2.38. The number of nitrogens with one attached hydrogen (secondary N) is 1. The van der Waals surface area contributed by atoms with Gasteiger partial charge in [-0.05, 0) is 37.3 Å². The minimum absolute atomic E-state index is 0.0526. The predicted octanol–water partition coefficient (Wildman–Crippen LogP) is 3.39. The summed E-state index contributed by atoms with van der Waals surface area (Å²) in [6.07, 6.45) is -0.0823. The monoisotopic (exact) mass is 447 g/mol. The number of fused-ring (bicyclic) bond motifs is 1. The molecule has 1 N–H and O–H groups in total. The molecule has 2 aromatic carbocycles. The summed E-state index contributed by atoms with van der Waals surface area (Å²) in [6.45, 7) is 1.59. The first-order valence-corrected chi connectivity index (χ1v) is 9.88. The van der Waals surface area contributed by atoms with E-state index in [-0.39, 0.29) is 25.4 Å². The van der Waals surface area contributed by atoms with E-state index in [1.165, 1.54) is 18.0 Å². The van der Waals surface area contributed by atoms with Gasteiger partial charge in [0.2, 0.25) is 11.8 Å². The van der Waals surface area contributed by atoms with Gasteiger partial charge in [-0.2, -0.15) is 0 Å². The van der Waals surface area contributed by atoms with E-state index in [2.05, 4.69) is 5.32 Å². The summed E-state index contributed by atoms with van der Waals surface area (Å²) in [5.74, 6) is -1.61. The summed E-state index contributed by atoms with van der Waals surface area (Å²) in [5, 5.41) is 3.30. The summed E-state index contributed by atoms with van der Waals surface area (Å²) in [6, 6.07) is 9.70. The van der Waals surface area contributed by atoms with Crippen molar-refractivity contribution in [3.05, 3.63) is 63.1 Å². The minimum Gasteiger partial charge on any atom is -0.336 e. The Morgan fingerprint density at radius 3 is 2.40 bits per heavy atom. The van der Waals surface area contributed by atoms with E-state index >= 15 is 0 Å². The average molecular weight is 448 g/mol. The van der Waals surface area contributed by atoms with Gasteiger partial charge in [-0.15, -0.1) is 0 Å². The summed E-state index contributed by atoms with van der Waals surface area (Å²) in [5.41, 5.74) is 2.02. The molecule has 1 aliphatic heterocycles. The number of halogens is 2. The van der Waals surface area contributed by atoms with Crippen molar-refractivity contribution in [2.75, 3.05) is 25.5 Å². The second-order valence-corrected chi connectivity index (χ2v) is 7.80. The van der Waals surface area contributed by atoms with Gasteiger partial charge in [0.1, 0.15) is 0 Å². The SMILES string of the molecule is Cc1ccc2c(c1)C(=O)N(CCC(=O)N(C)CC(=O)Nc1ccc(Cl)c(Cl)c1)C2=O. The zero-order valence-electron chi connectivity index (χ0n) is 16.4. The van der Waals surface area contributed by atoms with Gasteiger partial charge in [-0.25, -0.2) is 0 Å². The molecule has 0 atom stereocenters. The molecule has 3 rings (SSSR count). The number of imide groups is 1. The lowest BCUT2D eigenvalue weighted by molar-refractivity contribution is -0.133. The number of carbonyl (C=O) groups is 4. The molecule has 1 aliphatic rings. The third kappa shape index (κ3) is 4.63. The highest BCUT2D eigenvalue weighted by molar-refractivity contribution is 6.42. The third-order valence-electron chi connectivity index (χ3n) is 4.69. The average Bonchev–Trinajstić information content (AvgIpc) is 2.92. The van der Waals surface area contributed by atoms with Crippen molar-refractivity contribution in [1.82, 2.24) is 9.80 Å². The van der Waals surface area contributed by atoms with E-state index in [0.29, 0.717) is 26.9 Å². The van der Waals surface area contributed by atoms with Crippen molar-refractivity contribution in [3.63, 3.8) is 0 Å². The molecule has 0 radical (unpaired) electrons. The van der Waals surface area contributed by atoms with Crippen LogP contribution < -0.4 is 5.32 Å². The van der Waals surface area contributed by atoms with Gasteiger partial charge in [0, 0.05) is 25.7 Å². The molecule has 2 aromatic rings. The summed E-state index contributed by atoms with van der Waals surface area (Å²) < 4.78 is 0. The molecule has 7 nitrogen and oxygen atoms in total. The minimum atomic E-state index is -0.416. The van der Waals surface area contributed by atoms with Crippen LogP contribution in [0.5, 0.6) is 0 Å². The van der Waals surface area contributed by atoms with Gasteiger partial charge in [0.15, 0.2) is 0 Å². The summed E-state index contributed by atoms with van der Waals surface area (Å²) >= 11 is 11.8. The molecule has 0 unspecified atom stereocenters. The van der Waals surface area contributed by atoms with Crippen molar-refractivity contribution in [3.8, 4) is 0 Å². The fourth-order valence-corrected chi connectivity index (χ4v) is 3.38. The number of aryl methyl sites for hydroxylation is 1. The van der Waals surface area contributed by atoms with Gasteiger partial charge in [-0.3, -0.25) is 24.1 Å². The highest BCUT2D eigenvalue weighted by atomic mass is 35.5. The number of anilines is 1. The van der Waals surface area contributed by atoms with Gasteiger partial charge in [0.05, 0.1) is 27.7 Å². The molecule has 0 fully saturated rings. The Morgan fingerprint density at radius 1 is 1.00 bits per heavy atom. The zero-order chi connectivity index (χ0) is 22.0. The van der Waals surface area contributed by atoms with Crippen LogP contribution in [-0.2, 0) is 9.59 Å². The van der Waals surface area contributed by atoms with Crippen LogP contribution in [0.4, 0.5) is 5.69 Å². The van der Waals surface area contributed by atoms with Crippen molar-refractivity contribution in [2.24, 2.45) is 0 Å². The molecule has 9 heteroatoms. The second-order valence-electron chi connectivity index (χ2n) is 6.99. The maximum Gasteiger partial charge on any atom is 0.261 e. The molecular weight excluding hydrogens is 429 g/mol. The number of likely N-dealkylation sites (N-methyl/N-ethyl adjacent to an activating group) is 1. The summed E-state index contributed by atoms with van der Waals surface area (Å²) in [7, 11) is 1.47. The molecule has 0 saturated heterocycles. The number of benzene rings is 2. The zero-order valence-corrected chi connectivity index (χ0v) is 17.9. The van der Waals surface area contributed by atoms with Crippen LogP contribution in [0.25, 0.3) is 0 Å². The standard InChI is InChI=1S/C21H19Cl2N3O4/c1-12-3-5-14-15(9-12)21(30)26(20(14)29)8-7-19(28)25(2)11-18(27)24-13-4-6-16(22)17(23)10-13/h3-6,9-10H,7-8,11H2,1-2H3,(H,24,27). The molecule has 0 saturated carbocycles. The van der Waals surface area contributed by atoms with Crippen LogP contribution in [0, 0.1) is 6.92 Å². The lowest BCUT2D eigenvalue weighted by Gasteiger charge is -2.19. The summed E-state index contributed by atoms with van der Waals surface area (Å²) in [4.78, 5) is 51.7. The Hall–Kier alpha value is -2.90. The number of rotatable bonds is 6. The van der Waals surface area contributed by atoms with E-state index in [4.69, 9.17) is 23.2 Å². The second kappa shape index (κ2) is 8.85. The highest BCUT2D eigenvalue weighted by Gasteiger charge is 2.35. The molecule has 0 aromatic heterocycles. The number of nitrogens with zero attached hydrogens (tertiary/aromatic N) is 2. The number of hydrogen-bond acceptors (Lipinski definition) is 4. The van der Waals surface area contributed by atoms with Crippen LogP contribution in [0.15, 0.2) is 36.4 Å². The van der Waals surface area contributed by atoms with Crippen molar-refractivity contribution in [2.45, 2.75) is 13.3 Å².